The number of amides is 1. The Morgan fingerprint density at radius 2 is 1.84 bits per heavy atom. The van der Waals surface area contributed by atoms with Gasteiger partial charge in [-0.05, 0) is 31.2 Å². The molecule has 1 N–H and O–H groups in total. The van der Waals surface area contributed by atoms with Crippen molar-refractivity contribution in [3.05, 3.63) is 63.7 Å². The minimum atomic E-state index is -0.686. The smallest absolute Gasteiger partial charge is 0.338 e. The molecule has 0 saturated heterocycles. The highest BCUT2D eigenvalue weighted by Gasteiger charge is 2.18. The van der Waals surface area contributed by atoms with E-state index in [4.69, 9.17) is 9.47 Å². The minimum absolute atomic E-state index is 0.0119. The number of nitrogens with zero attached hydrogens (tertiary/aromatic N) is 1. The van der Waals surface area contributed by atoms with E-state index in [1.165, 1.54) is 25.3 Å². The van der Waals surface area contributed by atoms with Crippen molar-refractivity contribution in [2.24, 2.45) is 0 Å². The second-order valence-corrected chi connectivity index (χ2v) is 5.13. The normalized spacial score (nSPS) is 10.0. The number of ether oxygens (including phenoxy) is 2. The summed E-state index contributed by atoms with van der Waals surface area (Å²) in [6, 6.07) is 10.7. The summed E-state index contributed by atoms with van der Waals surface area (Å²) >= 11 is 0. The maximum atomic E-state index is 11.9. The minimum Gasteiger partial charge on any atom is -0.496 e. The second-order valence-electron chi connectivity index (χ2n) is 5.13. The molecule has 8 heteroatoms. The van der Waals surface area contributed by atoms with Crippen LogP contribution in [0.1, 0.15) is 15.9 Å². The number of anilines is 1. The topological polar surface area (TPSA) is 108 Å². The Morgan fingerprint density at radius 3 is 2.44 bits per heavy atom. The van der Waals surface area contributed by atoms with Crippen LogP contribution in [-0.2, 0) is 9.53 Å². The predicted molar refractivity (Wildman–Crippen MR) is 89.7 cm³/mol. The molecule has 0 aliphatic heterocycles. The summed E-state index contributed by atoms with van der Waals surface area (Å²) in [4.78, 5) is 34.2. The van der Waals surface area contributed by atoms with Crippen molar-refractivity contribution in [2.45, 2.75) is 6.92 Å². The van der Waals surface area contributed by atoms with Crippen LogP contribution in [0.2, 0.25) is 0 Å². The summed E-state index contributed by atoms with van der Waals surface area (Å²) in [5.41, 5.74) is 0.967. The molecule has 0 radical (unpaired) electrons. The molecule has 0 spiro atoms. The lowest BCUT2D eigenvalue weighted by atomic mass is 10.1. The van der Waals surface area contributed by atoms with E-state index >= 15 is 0 Å². The molecular weight excluding hydrogens is 328 g/mol. The van der Waals surface area contributed by atoms with Crippen LogP contribution in [0.15, 0.2) is 42.5 Å². The standard InChI is InChI=1S/C17H16N2O6/c1-11-3-5-12(6-4-11)17(21)25-10-16(20)18-14-8-7-13(24-2)9-15(14)19(22)23/h3-9H,10H2,1-2H3,(H,18,20). The van der Waals surface area contributed by atoms with E-state index in [2.05, 4.69) is 5.32 Å². The van der Waals surface area contributed by atoms with Crippen molar-refractivity contribution in [3.8, 4) is 5.75 Å². The Morgan fingerprint density at radius 1 is 1.16 bits per heavy atom. The van der Waals surface area contributed by atoms with Crippen molar-refractivity contribution in [2.75, 3.05) is 19.0 Å². The molecule has 0 saturated carbocycles. The number of nitrogens with one attached hydrogen (secondary N) is 1. The molecule has 0 bridgehead atoms. The summed E-state index contributed by atoms with van der Waals surface area (Å²) in [5.74, 6) is -1.05. The van der Waals surface area contributed by atoms with E-state index in [9.17, 15) is 19.7 Å². The average molecular weight is 344 g/mol. The monoisotopic (exact) mass is 344 g/mol. The van der Waals surface area contributed by atoms with E-state index in [-0.39, 0.29) is 17.1 Å². The lowest BCUT2D eigenvalue weighted by Crippen LogP contribution is -2.21. The van der Waals surface area contributed by atoms with Crippen LogP contribution in [0.5, 0.6) is 5.75 Å². The average Bonchev–Trinajstić information content (AvgIpc) is 2.60. The molecule has 130 valence electrons. The Hall–Kier alpha value is -3.42. The Balaban J connectivity index is 1.99. The first-order chi connectivity index (χ1) is 11.9. The van der Waals surface area contributed by atoms with Gasteiger partial charge in [0.25, 0.3) is 11.6 Å². The van der Waals surface area contributed by atoms with Gasteiger partial charge in [-0.15, -0.1) is 0 Å². The summed E-state index contributed by atoms with van der Waals surface area (Å²) in [6.45, 7) is 1.32. The number of nitro groups is 1. The zero-order chi connectivity index (χ0) is 18.4. The number of hydrogen-bond donors (Lipinski definition) is 1. The molecule has 2 rings (SSSR count). The van der Waals surface area contributed by atoms with Crippen LogP contribution < -0.4 is 10.1 Å². The maximum absolute atomic E-state index is 11.9. The van der Waals surface area contributed by atoms with Crippen molar-refractivity contribution >= 4 is 23.3 Å². The number of rotatable bonds is 6. The van der Waals surface area contributed by atoms with Crippen LogP contribution in [0.25, 0.3) is 0 Å². The van der Waals surface area contributed by atoms with Gasteiger partial charge in [0.2, 0.25) is 0 Å². The third kappa shape index (κ3) is 4.77. The molecule has 1 amide bonds. The molecule has 0 aliphatic rings. The highest BCUT2D eigenvalue weighted by molar-refractivity contribution is 5.96. The molecule has 2 aromatic carbocycles. The van der Waals surface area contributed by atoms with E-state index in [1.54, 1.807) is 24.3 Å². The summed E-state index contributed by atoms with van der Waals surface area (Å²) in [6.07, 6.45) is 0. The van der Waals surface area contributed by atoms with E-state index in [0.29, 0.717) is 5.56 Å². The van der Waals surface area contributed by atoms with Gasteiger partial charge >= 0.3 is 5.97 Å². The molecule has 8 nitrogen and oxygen atoms in total. The van der Waals surface area contributed by atoms with Gasteiger partial charge in [0.1, 0.15) is 11.4 Å². The molecule has 0 heterocycles. The molecule has 2 aromatic rings. The molecule has 0 atom stereocenters. The molecule has 0 aromatic heterocycles. The molecule has 0 aliphatic carbocycles. The number of benzene rings is 2. The molecule has 0 fully saturated rings. The summed E-state index contributed by atoms with van der Waals surface area (Å²) in [7, 11) is 1.38. The predicted octanol–water partition coefficient (Wildman–Crippen LogP) is 2.71. The van der Waals surface area contributed by atoms with Gasteiger partial charge in [-0.1, -0.05) is 17.7 Å². The maximum Gasteiger partial charge on any atom is 0.338 e. The zero-order valence-corrected chi connectivity index (χ0v) is 13.6. The van der Waals surface area contributed by atoms with E-state index in [1.807, 2.05) is 6.92 Å². The highest BCUT2D eigenvalue weighted by Crippen LogP contribution is 2.28. The quantitative estimate of drug-likeness (QED) is 0.490. The third-order valence-corrected chi connectivity index (χ3v) is 3.30. The second kappa shape index (κ2) is 7.91. The SMILES string of the molecule is COc1ccc(NC(=O)COC(=O)c2ccc(C)cc2)c([N+](=O)[O-])c1. The van der Waals surface area contributed by atoms with Crippen LogP contribution in [0.3, 0.4) is 0 Å². The first-order valence-electron chi connectivity index (χ1n) is 7.27. The van der Waals surface area contributed by atoms with Gasteiger partial charge in [-0.25, -0.2) is 4.79 Å². The lowest BCUT2D eigenvalue weighted by molar-refractivity contribution is -0.384. The first-order valence-corrected chi connectivity index (χ1v) is 7.27. The molecular formula is C17H16N2O6. The van der Waals surface area contributed by atoms with Gasteiger partial charge in [-0.3, -0.25) is 14.9 Å². The van der Waals surface area contributed by atoms with Crippen molar-refractivity contribution in [1.82, 2.24) is 0 Å². The number of carbonyl (C=O) groups excluding carboxylic acids is 2. The number of nitro benzene ring substituents is 1. The molecule has 0 unspecified atom stereocenters. The number of aryl methyl sites for hydroxylation is 1. The summed E-state index contributed by atoms with van der Waals surface area (Å²) < 4.78 is 9.82. The van der Waals surface area contributed by atoms with Gasteiger partial charge in [-0.2, -0.15) is 0 Å². The Bertz CT molecular complexity index is 801. The number of esters is 1. The fourth-order valence-corrected chi connectivity index (χ4v) is 1.99. The Kier molecular flexibility index (Phi) is 5.67. The van der Waals surface area contributed by atoms with Gasteiger partial charge in [0, 0.05) is 0 Å². The number of carbonyl (C=O) groups is 2. The van der Waals surface area contributed by atoms with Gasteiger partial charge in [0.15, 0.2) is 6.61 Å². The van der Waals surface area contributed by atoms with Crippen LogP contribution >= 0.6 is 0 Å². The zero-order valence-electron chi connectivity index (χ0n) is 13.6. The number of methoxy groups -OCH3 is 1. The van der Waals surface area contributed by atoms with Crippen molar-refractivity contribution in [1.29, 1.82) is 0 Å². The fourth-order valence-electron chi connectivity index (χ4n) is 1.99. The fraction of sp³-hybridized carbons (Fsp3) is 0.176. The van der Waals surface area contributed by atoms with Crippen LogP contribution in [-0.4, -0.2) is 30.5 Å². The number of hydrogen-bond acceptors (Lipinski definition) is 6. The third-order valence-electron chi connectivity index (χ3n) is 3.30. The Labute approximate surface area is 143 Å². The largest absolute Gasteiger partial charge is 0.496 e. The first kappa shape index (κ1) is 17.9. The van der Waals surface area contributed by atoms with E-state index < -0.39 is 23.4 Å². The van der Waals surface area contributed by atoms with E-state index in [0.717, 1.165) is 5.56 Å². The molecule has 25 heavy (non-hydrogen) atoms. The van der Waals surface area contributed by atoms with Crippen LogP contribution in [0.4, 0.5) is 11.4 Å². The van der Waals surface area contributed by atoms with Crippen LogP contribution in [0, 0.1) is 17.0 Å². The highest BCUT2D eigenvalue weighted by atomic mass is 16.6. The summed E-state index contributed by atoms with van der Waals surface area (Å²) in [5, 5.41) is 13.4. The van der Waals surface area contributed by atoms with Crippen molar-refractivity contribution in [3.63, 3.8) is 0 Å². The lowest BCUT2D eigenvalue weighted by Gasteiger charge is -2.08. The van der Waals surface area contributed by atoms with Gasteiger partial charge in [0.05, 0.1) is 23.7 Å². The van der Waals surface area contributed by atoms with Gasteiger partial charge < -0.3 is 14.8 Å². The van der Waals surface area contributed by atoms with Crippen molar-refractivity contribution < 1.29 is 24.0 Å².